The molecule has 0 saturated heterocycles. The smallest absolute Gasteiger partial charge is 0.0661 e. The molecule has 13 heavy (non-hydrogen) atoms. The van der Waals surface area contributed by atoms with E-state index < -0.39 is 0 Å². The first-order chi connectivity index (χ1) is 6.13. The van der Waals surface area contributed by atoms with Gasteiger partial charge >= 0.3 is 0 Å². The van der Waals surface area contributed by atoms with Crippen LogP contribution in [0, 0.1) is 6.92 Å². The van der Waals surface area contributed by atoms with Crippen LogP contribution < -0.4 is 5.73 Å². The van der Waals surface area contributed by atoms with Crippen molar-refractivity contribution < 1.29 is 0 Å². The quantitative estimate of drug-likeness (QED) is 0.691. The van der Waals surface area contributed by atoms with Crippen molar-refractivity contribution in [3.8, 4) is 0 Å². The molecule has 0 bridgehead atoms. The van der Waals surface area contributed by atoms with Crippen LogP contribution in [-0.2, 0) is 6.54 Å². The molecule has 0 radical (unpaired) electrons. The number of hydrogen-bond donors (Lipinski definition) is 1. The van der Waals surface area contributed by atoms with Crippen molar-refractivity contribution >= 4 is 11.4 Å². The fraction of sp³-hybridized carbons (Fsp3) is 0.364. The first-order valence-corrected chi connectivity index (χ1v) is 4.45. The summed E-state index contributed by atoms with van der Waals surface area (Å²) in [6.45, 7) is 6.62. The van der Waals surface area contributed by atoms with Gasteiger partial charge in [-0.1, -0.05) is 12.1 Å². The number of nitrogens with two attached hydrogens (primary N) is 1. The van der Waals surface area contributed by atoms with Crippen LogP contribution in [0.2, 0.25) is 0 Å². The molecule has 70 valence electrons. The first-order valence-electron chi connectivity index (χ1n) is 4.45. The largest absolute Gasteiger partial charge is 0.326 e. The van der Waals surface area contributed by atoms with Gasteiger partial charge in [0.2, 0.25) is 0 Å². The van der Waals surface area contributed by atoms with Gasteiger partial charge in [-0.2, -0.15) is 0 Å². The zero-order chi connectivity index (χ0) is 9.84. The van der Waals surface area contributed by atoms with Crippen LogP contribution in [0.15, 0.2) is 23.2 Å². The lowest BCUT2D eigenvalue weighted by Crippen LogP contribution is -1.95. The van der Waals surface area contributed by atoms with Crippen molar-refractivity contribution in [3.63, 3.8) is 0 Å². The van der Waals surface area contributed by atoms with E-state index >= 15 is 0 Å². The van der Waals surface area contributed by atoms with Gasteiger partial charge in [-0.3, -0.25) is 4.99 Å². The third-order valence-electron chi connectivity index (χ3n) is 1.85. The van der Waals surface area contributed by atoms with E-state index in [1.807, 2.05) is 26.0 Å². The summed E-state index contributed by atoms with van der Waals surface area (Å²) in [4.78, 5) is 4.43. The average Bonchev–Trinajstić information content (AvgIpc) is 2.08. The van der Waals surface area contributed by atoms with Gasteiger partial charge in [-0.25, -0.2) is 0 Å². The molecule has 0 aliphatic heterocycles. The fourth-order valence-electron chi connectivity index (χ4n) is 1.14. The van der Waals surface area contributed by atoms with E-state index in [2.05, 4.69) is 18.0 Å². The number of aryl methyl sites for hydroxylation is 1. The van der Waals surface area contributed by atoms with Gasteiger partial charge in [0.25, 0.3) is 0 Å². The lowest BCUT2D eigenvalue weighted by molar-refractivity contribution is 1.07. The predicted molar refractivity (Wildman–Crippen MR) is 57.5 cm³/mol. The molecule has 1 rings (SSSR count). The fourth-order valence-corrected chi connectivity index (χ4v) is 1.14. The zero-order valence-electron chi connectivity index (χ0n) is 8.46. The monoisotopic (exact) mass is 176 g/mol. The third kappa shape index (κ3) is 2.67. The second-order valence-electron chi connectivity index (χ2n) is 3.38. The SMILES string of the molecule is CC(C)=Nc1cc(CN)ccc1C. The maximum Gasteiger partial charge on any atom is 0.0661 e. The van der Waals surface area contributed by atoms with Crippen LogP contribution in [0.5, 0.6) is 0 Å². The summed E-state index contributed by atoms with van der Waals surface area (Å²) in [5, 5.41) is 0. The number of aliphatic imine (C=N–C) groups is 1. The molecule has 0 aliphatic carbocycles. The van der Waals surface area contributed by atoms with E-state index in [0.29, 0.717) is 6.54 Å². The number of hydrogen-bond acceptors (Lipinski definition) is 2. The standard InChI is InChI=1S/C11H16N2/c1-8(2)13-11-6-10(7-12)5-4-9(11)3/h4-6H,7,12H2,1-3H3. The molecule has 0 saturated carbocycles. The maximum atomic E-state index is 5.55. The van der Waals surface area contributed by atoms with Gasteiger partial charge in [0.15, 0.2) is 0 Å². The molecule has 0 atom stereocenters. The van der Waals surface area contributed by atoms with Crippen LogP contribution in [-0.4, -0.2) is 5.71 Å². The molecule has 0 heterocycles. The Morgan fingerprint density at radius 1 is 1.38 bits per heavy atom. The van der Waals surface area contributed by atoms with E-state index in [4.69, 9.17) is 5.73 Å². The van der Waals surface area contributed by atoms with Gasteiger partial charge in [-0.05, 0) is 38.0 Å². The number of rotatable bonds is 2. The minimum absolute atomic E-state index is 0.575. The molecule has 0 unspecified atom stereocenters. The van der Waals surface area contributed by atoms with E-state index in [9.17, 15) is 0 Å². The molecule has 1 aromatic rings. The Hall–Kier alpha value is -1.15. The van der Waals surface area contributed by atoms with Crippen molar-refractivity contribution in [1.82, 2.24) is 0 Å². The number of nitrogens with zero attached hydrogens (tertiary/aromatic N) is 1. The van der Waals surface area contributed by atoms with Crippen LogP contribution in [0.3, 0.4) is 0 Å². The van der Waals surface area contributed by atoms with E-state index in [0.717, 1.165) is 17.0 Å². The zero-order valence-corrected chi connectivity index (χ0v) is 8.46. The second kappa shape index (κ2) is 4.19. The van der Waals surface area contributed by atoms with Gasteiger partial charge in [0.05, 0.1) is 5.69 Å². The second-order valence-corrected chi connectivity index (χ2v) is 3.38. The lowest BCUT2D eigenvalue weighted by Gasteiger charge is -2.03. The summed E-state index contributed by atoms with van der Waals surface area (Å²) >= 11 is 0. The summed E-state index contributed by atoms with van der Waals surface area (Å²) in [7, 11) is 0. The Bertz CT molecular complexity index is 323. The van der Waals surface area contributed by atoms with Crippen LogP contribution in [0.1, 0.15) is 25.0 Å². The normalized spacial score (nSPS) is 9.85. The van der Waals surface area contributed by atoms with Crippen LogP contribution in [0.4, 0.5) is 5.69 Å². The molecule has 0 spiro atoms. The summed E-state index contributed by atoms with van der Waals surface area (Å²) in [5.41, 5.74) is 9.97. The molecule has 0 amide bonds. The van der Waals surface area contributed by atoms with Crippen LogP contribution in [0.25, 0.3) is 0 Å². The highest BCUT2D eigenvalue weighted by molar-refractivity contribution is 5.82. The topological polar surface area (TPSA) is 38.4 Å². The molecule has 2 nitrogen and oxygen atoms in total. The van der Waals surface area contributed by atoms with Gasteiger partial charge in [0, 0.05) is 12.3 Å². The Morgan fingerprint density at radius 3 is 2.62 bits per heavy atom. The predicted octanol–water partition coefficient (Wildman–Crippen LogP) is 2.57. The minimum Gasteiger partial charge on any atom is -0.326 e. The molecule has 1 aromatic carbocycles. The van der Waals surface area contributed by atoms with Crippen molar-refractivity contribution in [1.29, 1.82) is 0 Å². The molecular formula is C11H16N2. The summed E-state index contributed by atoms with van der Waals surface area (Å²) < 4.78 is 0. The van der Waals surface area contributed by atoms with E-state index in [1.54, 1.807) is 0 Å². The van der Waals surface area contributed by atoms with Gasteiger partial charge in [-0.15, -0.1) is 0 Å². The van der Waals surface area contributed by atoms with Crippen molar-refractivity contribution in [2.75, 3.05) is 0 Å². The van der Waals surface area contributed by atoms with Crippen molar-refractivity contribution in [3.05, 3.63) is 29.3 Å². The molecule has 2 N–H and O–H groups in total. The molecular weight excluding hydrogens is 160 g/mol. The molecule has 2 heteroatoms. The Balaban J connectivity index is 3.11. The number of benzene rings is 1. The summed E-state index contributed by atoms with van der Waals surface area (Å²) in [6.07, 6.45) is 0. The molecule has 0 aromatic heterocycles. The summed E-state index contributed by atoms with van der Waals surface area (Å²) in [6, 6.07) is 6.14. The van der Waals surface area contributed by atoms with Crippen molar-refractivity contribution in [2.45, 2.75) is 27.3 Å². The maximum absolute atomic E-state index is 5.55. The Labute approximate surface area is 79.5 Å². The van der Waals surface area contributed by atoms with Gasteiger partial charge in [0.1, 0.15) is 0 Å². The van der Waals surface area contributed by atoms with Crippen LogP contribution >= 0.6 is 0 Å². The minimum atomic E-state index is 0.575. The van der Waals surface area contributed by atoms with Crippen molar-refractivity contribution in [2.24, 2.45) is 10.7 Å². The molecule has 0 aliphatic rings. The molecule has 0 fully saturated rings. The Kier molecular flexibility index (Phi) is 3.20. The first kappa shape index (κ1) is 9.93. The highest BCUT2D eigenvalue weighted by Gasteiger charge is 1.97. The van der Waals surface area contributed by atoms with E-state index in [-0.39, 0.29) is 0 Å². The lowest BCUT2D eigenvalue weighted by atomic mass is 10.1. The third-order valence-corrected chi connectivity index (χ3v) is 1.85. The Morgan fingerprint density at radius 2 is 2.08 bits per heavy atom. The van der Waals surface area contributed by atoms with Gasteiger partial charge < -0.3 is 5.73 Å². The highest BCUT2D eigenvalue weighted by Crippen LogP contribution is 2.20. The van der Waals surface area contributed by atoms with E-state index in [1.165, 1.54) is 5.56 Å². The highest BCUT2D eigenvalue weighted by atomic mass is 14.7. The summed E-state index contributed by atoms with van der Waals surface area (Å²) in [5.74, 6) is 0. The average molecular weight is 176 g/mol.